The third kappa shape index (κ3) is 4.34. The molecule has 0 atom stereocenters. The highest BCUT2D eigenvalue weighted by Crippen LogP contribution is 2.12. The molecule has 6 nitrogen and oxygen atoms in total. The van der Waals surface area contributed by atoms with Crippen LogP contribution in [0.5, 0.6) is 0 Å². The van der Waals surface area contributed by atoms with Gasteiger partial charge < -0.3 is 4.98 Å². The molecule has 0 spiro atoms. The third-order valence-electron chi connectivity index (χ3n) is 4.35. The van der Waals surface area contributed by atoms with Gasteiger partial charge in [0.2, 0.25) is 0 Å². The Bertz CT molecular complexity index is 951. The molecule has 0 saturated carbocycles. The zero-order valence-corrected chi connectivity index (χ0v) is 14.4. The van der Waals surface area contributed by atoms with E-state index in [2.05, 4.69) is 22.1 Å². The number of carbonyl (C=O) groups is 1. The Morgan fingerprint density at radius 2 is 1.81 bits per heavy atom. The summed E-state index contributed by atoms with van der Waals surface area (Å²) in [5, 5.41) is 8.73. The van der Waals surface area contributed by atoms with E-state index in [-0.39, 0.29) is 11.1 Å². The molecular weight excluding hydrogens is 330 g/mol. The summed E-state index contributed by atoms with van der Waals surface area (Å²) in [6.45, 7) is 0. The fourth-order valence-corrected chi connectivity index (χ4v) is 2.94. The minimum absolute atomic E-state index is 0.195. The van der Waals surface area contributed by atoms with E-state index in [9.17, 15) is 9.59 Å². The summed E-state index contributed by atoms with van der Waals surface area (Å²) in [5.41, 5.74) is 4.58. The van der Waals surface area contributed by atoms with Gasteiger partial charge in [0.25, 0.3) is 11.5 Å². The molecule has 0 fully saturated rings. The van der Waals surface area contributed by atoms with Crippen LogP contribution in [0.4, 0.5) is 0 Å². The van der Waals surface area contributed by atoms with Gasteiger partial charge in [0.1, 0.15) is 5.69 Å². The smallest absolute Gasteiger partial charge is 0.274 e. The number of aromatic nitrogens is 2. The number of hydrogen-bond acceptors (Lipinski definition) is 4. The first kappa shape index (κ1) is 17.8. The minimum Gasteiger partial charge on any atom is -0.319 e. The predicted molar refractivity (Wildman–Crippen MR) is 99.3 cm³/mol. The molecule has 0 aliphatic heterocycles. The normalized spacial score (nSPS) is 10.8. The van der Waals surface area contributed by atoms with Gasteiger partial charge in [-0.3, -0.25) is 14.8 Å². The van der Waals surface area contributed by atoms with Crippen molar-refractivity contribution in [2.24, 2.45) is 0 Å². The summed E-state index contributed by atoms with van der Waals surface area (Å²) in [5.74, 6) is -0.609. The van der Waals surface area contributed by atoms with Gasteiger partial charge in [0.05, 0.1) is 11.0 Å². The maximum atomic E-state index is 12.2. The van der Waals surface area contributed by atoms with Crippen molar-refractivity contribution in [1.82, 2.24) is 15.4 Å². The van der Waals surface area contributed by atoms with Crippen LogP contribution >= 0.6 is 0 Å². The molecule has 1 aromatic heterocycles. The molecule has 3 aromatic rings. The van der Waals surface area contributed by atoms with Crippen molar-refractivity contribution in [3.05, 3.63) is 75.7 Å². The van der Waals surface area contributed by atoms with Crippen molar-refractivity contribution in [1.29, 1.82) is 0 Å². The Hall–Kier alpha value is -2.99. The summed E-state index contributed by atoms with van der Waals surface area (Å²) >= 11 is 0. The summed E-state index contributed by atoms with van der Waals surface area (Å²) in [6, 6.07) is 15.0. The molecule has 134 valence electrons. The number of aryl methyl sites for hydroxylation is 2. The fraction of sp³-hybridized carbons (Fsp3) is 0.250. The number of fused-ring (bicyclic) bond motifs is 1. The first-order chi connectivity index (χ1) is 12.7. The number of unbranched alkanes of at least 4 members (excludes halogenated alkanes) is 2. The number of nitrogens with zero attached hydrogens (tertiary/aromatic N) is 1. The van der Waals surface area contributed by atoms with E-state index < -0.39 is 5.91 Å². The first-order valence-corrected chi connectivity index (χ1v) is 8.68. The average molecular weight is 351 g/mol. The molecule has 6 heteroatoms. The Balaban J connectivity index is 1.62. The highest BCUT2D eigenvalue weighted by molar-refractivity contribution is 5.96. The van der Waals surface area contributed by atoms with Crippen LogP contribution in [0.15, 0.2) is 53.3 Å². The maximum absolute atomic E-state index is 12.2. The van der Waals surface area contributed by atoms with Crippen LogP contribution in [0.3, 0.4) is 0 Å². The van der Waals surface area contributed by atoms with Crippen molar-refractivity contribution >= 4 is 16.9 Å². The highest BCUT2D eigenvalue weighted by Gasteiger charge is 2.09. The van der Waals surface area contributed by atoms with Gasteiger partial charge in [-0.1, -0.05) is 36.8 Å². The molecule has 3 rings (SSSR count). The molecular formula is C20H21N3O3. The zero-order valence-electron chi connectivity index (χ0n) is 14.4. The minimum atomic E-state index is -0.609. The molecule has 1 amide bonds. The van der Waals surface area contributed by atoms with E-state index in [1.807, 2.05) is 18.2 Å². The Morgan fingerprint density at radius 1 is 1.04 bits per heavy atom. The molecule has 0 aliphatic carbocycles. The van der Waals surface area contributed by atoms with Crippen molar-refractivity contribution in [3.63, 3.8) is 0 Å². The molecule has 26 heavy (non-hydrogen) atoms. The molecule has 0 saturated heterocycles. The molecule has 1 heterocycles. The molecule has 0 bridgehead atoms. The lowest BCUT2D eigenvalue weighted by Crippen LogP contribution is -2.19. The topological polar surface area (TPSA) is 95.1 Å². The van der Waals surface area contributed by atoms with Crippen LogP contribution in [0, 0.1) is 0 Å². The van der Waals surface area contributed by atoms with Crippen molar-refractivity contribution < 1.29 is 10.0 Å². The number of H-pyrrole nitrogens is 1. The zero-order chi connectivity index (χ0) is 18.4. The quantitative estimate of drug-likeness (QED) is 0.346. The lowest BCUT2D eigenvalue weighted by molar-refractivity contribution is 0.0706. The Morgan fingerprint density at radius 3 is 2.58 bits per heavy atom. The largest absolute Gasteiger partial charge is 0.319 e. The van der Waals surface area contributed by atoms with E-state index >= 15 is 0 Å². The van der Waals surface area contributed by atoms with Gasteiger partial charge in [-0.2, -0.15) is 0 Å². The van der Waals surface area contributed by atoms with E-state index in [0.29, 0.717) is 23.1 Å². The second-order valence-corrected chi connectivity index (χ2v) is 6.23. The molecule has 0 aliphatic rings. The van der Waals surface area contributed by atoms with Crippen LogP contribution in [0.25, 0.3) is 11.0 Å². The van der Waals surface area contributed by atoms with Gasteiger partial charge in [0.15, 0.2) is 0 Å². The van der Waals surface area contributed by atoms with E-state index in [0.717, 1.165) is 25.7 Å². The van der Waals surface area contributed by atoms with Gasteiger partial charge in [0, 0.05) is 5.56 Å². The number of carbonyl (C=O) groups excluding carboxylic acids is 1. The number of hydroxylamine groups is 1. The van der Waals surface area contributed by atoms with Crippen molar-refractivity contribution in [2.45, 2.75) is 32.1 Å². The maximum Gasteiger partial charge on any atom is 0.274 e. The van der Waals surface area contributed by atoms with Crippen LogP contribution < -0.4 is 11.0 Å². The first-order valence-electron chi connectivity index (χ1n) is 8.68. The van der Waals surface area contributed by atoms with Gasteiger partial charge in [-0.15, -0.1) is 0 Å². The van der Waals surface area contributed by atoms with Gasteiger partial charge >= 0.3 is 0 Å². The summed E-state index contributed by atoms with van der Waals surface area (Å²) in [6.07, 6.45) is 4.58. The average Bonchev–Trinajstić information content (AvgIpc) is 2.68. The van der Waals surface area contributed by atoms with E-state index in [1.54, 1.807) is 17.6 Å². The van der Waals surface area contributed by atoms with Crippen LogP contribution in [-0.2, 0) is 12.8 Å². The predicted octanol–water partition coefficient (Wildman–Crippen LogP) is 3.00. The number of rotatable bonds is 7. The van der Waals surface area contributed by atoms with E-state index in [4.69, 9.17) is 5.21 Å². The summed E-state index contributed by atoms with van der Waals surface area (Å²) in [4.78, 5) is 30.9. The fourth-order valence-electron chi connectivity index (χ4n) is 2.94. The number of amides is 1. The Labute approximate surface area is 150 Å². The Kier molecular flexibility index (Phi) is 5.76. The van der Waals surface area contributed by atoms with Crippen molar-refractivity contribution in [3.8, 4) is 0 Å². The molecule has 2 aromatic carbocycles. The molecule has 0 unspecified atom stereocenters. The number of benzene rings is 2. The lowest BCUT2D eigenvalue weighted by Gasteiger charge is -2.05. The number of hydrogen-bond donors (Lipinski definition) is 3. The summed E-state index contributed by atoms with van der Waals surface area (Å²) in [7, 11) is 0. The third-order valence-corrected chi connectivity index (χ3v) is 4.35. The summed E-state index contributed by atoms with van der Waals surface area (Å²) < 4.78 is 0. The van der Waals surface area contributed by atoms with Crippen LogP contribution in [-0.4, -0.2) is 21.1 Å². The van der Waals surface area contributed by atoms with Crippen LogP contribution in [0.2, 0.25) is 0 Å². The SMILES string of the molecule is O=C(NO)c1ccc2[nH]c(=O)c(CCCCCc3ccccc3)nc2c1. The number of nitrogens with one attached hydrogen (secondary N) is 2. The lowest BCUT2D eigenvalue weighted by atomic mass is 10.1. The second-order valence-electron chi connectivity index (χ2n) is 6.23. The monoisotopic (exact) mass is 351 g/mol. The van der Waals surface area contributed by atoms with E-state index in [1.165, 1.54) is 11.6 Å². The van der Waals surface area contributed by atoms with Crippen molar-refractivity contribution in [2.75, 3.05) is 0 Å². The van der Waals surface area contributed by atoms with Crippen LogP contribution in [0.1, 0.15) is 40.9 Å². The molecule has 0 radical (unpaired) electrons. The van der Waals surface area contributed by atoms with Gasteiger partial charge in [-0.25, -0.2) is 10.5 Å². The van der Waals surface area contributed by atoms with Gasteiger partial charge in [-0.05, 0) is 49.4 Å². The standard InChI is InChI=1S/C20H21N3O3/c24-19(23-26)15-11-12-16-18(13-15)21-17(20(25)22-16)10-6-2-5-9-14-7-3-1-4-8-14/h1,3-4,7-8,11-13,26H,2,5-6,9-10H2,(H,22,25)(H,23,24). The number of aromatic amines is 1. The second kappa shape index (κ2) is 8.40. The molecule has 3 N–H and O–H groups in total. The highest BCUT2D eigenvalue weighted by atomic mass is 16.5.